The zero-order valence-corrected chi connectivity index (χ0v) is 8.71. The van der Waals surface area contributed by atoms with Crippen molar-refractivity contribution in [2.24, 2.45) is 0 Å². The first-order valence-electron chi connectivity index (χ1n) is 4.79. The summed E-state index contributed by atoms with van der Waals surface area (Å²) in [5, 5.41) is 9.42. The number of Topliss-reactive ketones (excluding diaryl/α,β-unsaturated/α-hetero) is 1. The van der Waals surface area contributed by atoms with E-state index in [0.717, 1.165) is 24.0 Å². The minimum Gasteiger partial charge on any atom is -0.380 e. The van der Waals surface area contributed by atoms with Crippen LogP contribution < -0.4 is 0 Å². The molecule has 0 bridgehead atoms. The van der Waals surface area contributed by atoms with E-state index in [0.29, 0.717) is 5.57 Å². The van der Waals surface area contributed by atoms with Crippen molar-refractivity contribution < 1.29 is 9.90 Å². The molecule has 0 spiro atoms. The third-order valence-corrected chi connectivity index (χ3v) is 2.24. The van der Waals surface area contributed by atoms with Crippen LogP contribution in [0.25, 0.3) is 0 Å². The van der Waals surface area contributed by atoms with Gasteiger partial charge >= 0.3 is 0 Å². The molecule has 2 nitrogen and oxygen atoms in total. The topological polar surface area (TPSA) is 37.3 Å². The number of aliphatic hydroxyl groups is 1. The molecular weight excluding hydrogens is 176 g/mol. The average molecular weight is 192 g/mol. The third kappa shape index (κ3) is 2.02. The Kier molecular flexibility index (Phi) is 3.42. The molecule has 0 saturated carbocycles. The maximum atomic E-state index is 11.3. The summed E-state index contributed by atoms with van der Waals surface area (Å²) in [6.07, 6.45) is 4.31. The van der Waals surface area contributed by atoms with Crippen LogP contribution in [-0.2, 0) is 4.79 Å². The van der Waals surface area contributed by atoms with Gasteiger partial charge in [0, 0.05) is 5.57 Å². The van der Waals surface area contributed by atoms with Crippen LogP contribution in [0.5, 0.6) is 0 Å². The van der Waals surface area contributed by atoms with Gasteiger partial charge in [0.05, 0.1) is 0 Å². The van der Waals surface area contributed by atoms with Crippen molar-refractivity contribution in [2.75, 3.05) is 0 Å². The fourth-order valence-electron chi connectivity index (χ4n) is 1.51. The predicted octanol–water partition coefficient (Wildman–Crippen LogP) is 2.16. The number of carbonyl (C=O) groups excluding carboxylic acids is 1. The number of aliphatic hydroxyl groups excluding tert-OH is 1. The van der Waals surface area contributed by atoms with E-state index >= 15 is 0 Å². The SMILES string of the molecule is C=CCCC1=C(C=C(C)C)C(=O)C1O. The summed E-state index contributed by atoms with van der Waals surface area (Å²) in [5.41, 5.74) is 2.63. The third-order valence-electron chi connectivity index (χ3n) is 2.24. The smallest absolute Gasteiger partial charge is 0.195 e. The lowest BCUT2D eigenvalue weighted by Crippen LogP contribution is -2.35. The second kappa shape index (κ2) is 4.38. The Labute approximate surface area is 84.6 Å². The number of hydrogen-bond acceptors (Lipinski definition) is 2. The van der Waals surface area contributed by atoms with Gasteiger partial charge in [-0.15, -0.1) is 6.58 Å². The standard InChI is InChI=1S/C12H16O2/c1-4-5-6-9-10(7-8(2)3)12(14)11(9)13/h4,7,11,13H,1,5-6H2,2-3H3. The van der Waals surface area contributed by atoms with Gasteiger partial charge in [-0.25, -0.2) is 0 Å². The summed E-state index contributed by atoms with van der Waals surface area (Å²) in [5.74, 6) is -0.148. The van der Waals surface area contributed by atoms with E-state index < -0.39 is 6.10 Å². The van der Waals surface area contributed by atoms with E-state index in [1.54, 1.807) is 6.08 Å². The van der Waals surface area contributed by atoms with Crippen molar-refractivity contribution in [3.05, 3.63) is 35.5 Å². The summed E-state index contributed by atoms with van der Waals surface area (Å²) >= 11 is 0. The Balaban J connectivity index is 2.85. The highest BCUT2D eigenvalue weighted by atomic mass is 16.3. The second-order valence-corrected chi connectivity index (χ2v) is 3.75. The second-order valence-electron chi connectivity index (χ2n) is 3.75. The Morgan fingerprint density at radius 2 is 2.21 bits per heavy atom. The maximum Gasteiger partial charge on any atom is 0.195 e. The van der Waals surface area contributed by atoms with Crippen LogP contribution in [0.4, 0.5) is 0 Å². The van der Waals surface area contributed by atoms with Crippen LogP contribution in [0.15, 0.2) is 35.5 Å². The summed E-state index contributed by atoms with van der Waals surface area (Å²) in [6, 6.07) is 0. The molecule has 0 fully saturated rings. The summed E-state index contributed by atoms with van der Waals surface area (Å²) < 4.78 is 0. The van der Waals surface area contributed by atoms with Crippen LogP contribution in [0, 0.1) is 0 Å². The molecule has 1 rings (SSSR count). The van der Waals surface area contributed by atoms with E-state index in [-0.39, 0.29) is 5.78 Å². The van der Waals surface area contributed by atoms with Crippen LogP contribution in [0.1, 0.15) is 26.7 Å². The number of hydrogen-bond donors (Lipinski definition) is 1. The molecule has 0 aromatic carbocycles. The Hall–Kier alpha value is -1.15. The van der Waals surface area contributed by atoms with Crippen LogP contribution in [0.3, 0.4) is 0 Å². The minimum absolute atomic E-state index is 0.148. The van der Waals surface area contributed by atoms with Crippen LogP contribution in [0.2, 0.25) is 0 Å². The Morgan fingerprint density at radius 1 is 1.57 bits per heavy atom. The van der Waals surface area contributed by atoms with Gasteiger partial charge in [-0.2, -0.15) is 0 Å². The van der Waals surface area contributed by atoms with E-state index in [9.17, 15) is 9.90 Å². The summed E-state index contributed by atoms with van der Waals surface area (Å²) in [4.78, 5) is 11.3. The van der Waals surface area contributed by atoms with Gasteiger partial charge < -0.3 is 5.11 Å². The molecule has 0 aliphatic heterocycles. The molecule has 0 amide bonds. The molecule has 0 aromatic rings. The summed E-state index contributed by atoms with van der Waals surface area (Å²) in [6.45, 7) is 7.50. The predicted molar refractivity (Wildman–Crippen MR) is 56.9 cm³/mol. The van der Waals surface area contributed by atoms with Gasteiger partial charge in [-0.05, 0) is 32.3 Å². The maximum absolute atomic E-state index is 11.3. The summed E-state index contributed by atoms with van der Waals surface area (Å²) in [7, 11) is 0. The van der Waals surface area contributed by atoms with E-state index in [1.165, 1.54) is 0 Å². The molecule has 1 N–H and O–H groups in total. The van der Waals surface area contributed by atoms with Crippen molar-refractivity contribution in [1.29, 1.82) is 0 Å². The largest absolute Gasteiger partial charge is 0.380 e. The lowest BCUT2D eigenvalue weighted by Gasteiger charge is -2.26. The molecule has 1 atom stereocenters. The van der Waals surface area contributed by atoms with E-state index in [4.69, 9.17) is 0 Å². The van der Waals surface area contributed by atoms with Crippen molar-refractivity contribution in [2.45, 2.75) is 32.8 Å². The number of allylic oxidation sites excluding steroid dienone is 3. The molecule has 1 unspecified atom stereocenters. The van der Waals surface area contributed by atoms with E-state index in [1.807, 2.05) is 19.9 Å². The van der Waals surface area contributed by atoms with Gasteiger partial charge in [0.2, 0.25) is 0 Å². The quantitative estimate of drug-likeness (QED) is 0.693. The lowest BCUT2D eigenvalue weighted by atomic mass is 9.80. The van der Waals surface area contributed by atoms with Gasteiger partial charge in [0.1, 0.15) is 6.10 Å². The van der Waals surface area contributed by atoms with Gasteiger partial charge in [0.25, 0.3) is 0 Å². The number of rotatable bonds is 4. The highest BCUT2D eigenvalue weighted by molar-refractivity contribution is 6.10. The average Bonchev–Trinajstić information content (AvgIpc) is 2.15. The van der Waals surface area contributed by atoms with Crippen LogP contribution in [-0.4, -0.2) is 17.0 Å². The van der Waals surface area contributed by atoms with Crippen molar-refractivity contribution >= 4 is 5.78 Å². The van der Waals surface area contributed by atoms with Gasteiger partial charge in [-0.1, -0.05) is 17.7 Å². The molecule has 2 heteroatoms. The first kappa shape index (κ1) is 10.9. The fraction of sp³-hybridized carbons (Fsp3) is 0.417. The first-order valence-corrected chi connectivity index (χ1v) is 4.79. The zero-order chi connectivity index (χ0) is 10.7. The molecule has 0 radical (unpaired) electrons. The molecule has 1 aliphatic rings. The fourth-order valence-corrected chi connectivity index (χ4v) is 1.51. The zero-order valence-electron chi connectivity index (χ0n) is 8.71. The number of carbonyl (C=O) groups is 1. The molecule has 0 heterocycles. The highest BCUT2D eigenvalue weighted by Gasteiger charge is 2.34. The lowest BCUT2D eigenvalue weighted by molar-refractivity contribution is -0.124. The normalized spacial score (nSPS) is 20.5. The Bertz CT molecular complexity index is 317. The molecule has 14 heavy (non-hydrogen) atoms. The first-order chi connectivity index (χ1) is 6.57. The molecule has 0 saturated heterocycles. The van der Waals surface area contributed by atoms with Gasteiger partial charge in [-0.3, -0.25) is 4.79 Å². The molecule has 1 aliphatic carbocycles. The van der Waals surface area contributed by atoms with Crippen molar-refractivity contribution in [3.63, 3.8) is 0 Å². The monoisotopic (exact) mass is 192 g/mol. The van der Waals surface area contributed by atoms with Gasteiger partial charge in [0.15, 0.2) is 5.78 Å². The number of ketones is 1. The van der Waals surface area contributed by atoms with Crippen LogP contribution >= 0.6 is 0 Å². The van der Waals surface area contributed by atoms with Crippen molar-refractivity contribution in [3.8, 4) is 0 Å². The molecule has 76 valence electrons. The molecule has 0 aromatic heterocycles. The highest BCUT2D eigenvalue weighted by Crippen LogP contribution is 2.30. The Morgan fingerprint density at radius 3 is 2.71 bits per heavy atom. The van der Waals surface area contributed by atoms with E-state index in [2.05, 4.69) is 6.58 Å². The van der Waals surface area contributed by atoms with Crippen molar-refractivity contribution in [1.82, 2.24) is 0 Å². The molecular formula is C12H16O2. The minimum atomic E-state index is -0.861.